The van der Waals surface area contributed by atoms with Crippen LogP contribution in [0.15, 0.2) is 36.5 Å². The Kier molecular flexibility index (Phi) is 2.82. The van der Waals surface area contributed by atoms with Gasteiger partial charge >= 0.3 is 0 Å². The zero-order valence-corrected chi connectivity index (χ0v) is 9.43. The van der Waals surface area contributed by atoms with Crippen LogP contribution in [0.25, 0.3) is 0 Å². The molecule has 0 saturated heterocycles. The molecule has 3 rings (SSSR count). The minimum Gasteiger partial charge on any atom is -0.462 e. The van der Waals surface area contributed by atoms with Gasteiger partial charge in [0.1, 0.15) is 17.3 Å². The van der Waals surface area contributed by atoms with Crippen molar-refractivity contribution >= 4 is 0 Å². The van der Waals surface area contributed by atoms with Crippen LogP contribution >= 0.6 is 0 Å². The third-order valence-corrected chi connectivity index (χ3v) is 2.51. The molecule has 18 heavy (non-hydrogen) atoms. The van der Waals surface area contributed by atoms with Crippen molar-refractivity contribution in [2.45, 2.75) is 6.61 Å². The molecular formula is C13H10FNO3. The SMILES string of the molecule is Fc1ccc(Oc2ccnc3c2OCOC3)cc1. The van der Waals surface area contributed by atoms with E-state index in [2.05, 4.69) is 4.98 Å². The highest BCUT2D eigenvalue weighted by Crippen LogP contribution is 2.35. The van der Waals surface area contributed by atoms with Gasteiger partial charge in [-0.2, -0.15) is 0 Å². The van der Waals surface area contributed by atoms with Crippen LogP contribution in [0.5, 0.6) is 17.2 Å². The monoisotopic (exact) mass is 247 g/mol. The molecule has 1 aliphatic rings. The highest BCUT2D eigenvalue weighted by atomic mass is 19.1. The Balaban J connectivity index is 1.90. The lowest BCUT2D eigenvalue weighted by molar-refractivity contribution is -0.0202. The van der Waals surface area contributed by atoms with Crippen LogP contribution in [0, 0.1) is 5.82 Å². The molecule has 2 aromatic rings. The number of aromatic nitrogens is 1. The molecule has 0 amide bonds. The summed E-state index contributed by atoms with van der Waals surface area (Å²) in [6.45, 7) is 0.578. The predicted molar refractivity (Wildman–Crippen MR) is 61.0 cm³/mol. The van der Waals surface area contributed by atoms with Gasteiger partial charge in [-0.15, -0.1) is 0 Å². The van der Waals surface area contributed by atoms with E-state index in [4.69, 9.17) is 14.2 Å². The van der Waals surface area contributed by atoms with Gasteiger partial charge in [0.15, 0.2) is 18.3 Å². The maximum atomic E-state index is 12.8. The third kappa shape index (κ3) is 2.12. The van der Waals surface area contributed by atoms with E-state index in [0.717, 1.165) is 0 Å². The van der Waals surface area contributed by atoms with Crippen LogP contribution in [0.1, 0.15) is 5.69 Å². The summed E-state index contributed by atoms with van der Waals surface area (Å²) >= 11 is 0. The van der Waals surface area contributed by atoms with E-state index in [1.54, 1.807) is 24.4 Å². The van der Waals surface area contributed by atoms with Crippen molar-refractivity contribution in [3.05, 3.63) is 48.0 Å². The molecule has 1 aliphatic heterocycles. The summed E-state index contributed by atoms with van der Waals surface area (Å²) in [5.41, 5.74) is 0.695. The Bertz CT molecular complexity index is 557. The maximum Gasteiger partial charge on any atom is 0.189 e. The number of ether oxygens (including phenoxy) is 3. The molecule has 0 atom stereocenters. The topological polar surface area (TPSA) is 40.6 Å². The summed E-state index contributed by atoms with van der Waals surface area (Å²) < 4.78 is 28.9. The van der Waals surface area contributed by atoms with Gasteiger partial charge in [0, 0.05) is 12.3 Å². The van der Waals surface area contributed by atoms with E-state index in [9.17, 15) is 4.39 Å². The lowest BCUT2D eigenvalue weighted by Gasteiger charge is -2.19. The van der Waals surface area contributed by atoms with Gasteiger partial charge < -0.3 is 14.2 Å². The fourth-order valence-electron chi connectivity index (χ4n) is 1.68. The van der Waals surface area contributed by atoms with Gasteiger partial charge in [-0.05, 0) is 24.3 Å². The molecule has 0 unspecified atom stereocenters. The summed E-state index contributed by atoms with van der Waals surface area (Å²) in [7, 11) is 0. The number of rotatable bonds is 2. The molecule has 1 aromatic heterocycles. The number of pyridine rings is 1. The van der Waals surface area contributed by atoms with E-state index in [1.807, 2.05) is 0 Å². The van der Waals surface area contributed by atoms with Crippen molar-refractivity contribution < 1.29 is 18.6 Å². The zero-order chi connectivity index (χ0) is 12.4. The van der Waals surface area contributed by atoms with Crippen LogP contribution < -0.4 is 9.47 Å². The lowest BCUT2D eigenvalue weighted by atomic mass is 10.3. The van der Waals surface area contributed by atoms with Crippen molar-refractivity contribution in [2.24, 2.45) is 0 Å². The molecular weight excluding hydrogens is 237 g/mol. The van der Waals surface area contributed by atoms with Crippen LogP contribution in [0.4, 0.5) is 4.39 Å². The standard InChI is InChI=1S/C13H10FNO3/c14-9-1-3-10(4-2-9)18-12-5-6-15-11-7-16-8-17-13(11)12/h1-6H,7-8H2. The van der Waals surface area contributed by atoms with Crippen LogP contribution in [-0.2, 0) is 11.3 Å². The first-order chi connectivity index (χ1) is 8.83. The number of halogens is 1. The van der Waals surface area contributed by atoms with Gasteiger partial charge in [-0.25, -0.2) is 4.39 Å². The highest BCUT2D eigenvalue weighted by Gasteiger charge is 2.17. The minimum atomic E-state index is -0.302. The number of benzene rings is 1. The summed E-state index contributed by atoms with van der Waals surface area (Å²) in [5, 5.41) is 0. The minimum absolute atomic E-state index is 0.179. The Morgan fingerprint density at radius 2 is 2.00 bits per heavy atom. The largest absolute Gasteiger partial charge is 0.462 e. The molecule has 5 heteroatoms. The molecule has 0 fully saturated rings. The number of fused-ring (bicyclic) bond motifs is 1. The van der Waals surface area contributed by atoms with Gasteiger partial charge in [0.25, 0.3) is 0 Å². The summed E-state index contributed by atoms with van der Waals surface area (Å²) in [6.07, 6.45) is 1.62. The molecule has 0 aliphatic carbocycles. The summed E-state index contributed by atoms with van der Waals surface area (Å²) in [6, 6.07) is 7.50. The molecule has 0 bridgehead atoms. The first-order valence-corrected chi connectivity index (χ1v) is 5.45. The average molecular weight is 247 g/mol. The molecule has 0 N–H and O–H groups in total. The molecule has 92 valence electrons. The molecule has 0 saturated carbocycles. The average Bonchev–Trinajstić information content (AvgIpc) is 2.42. The van der Waals surface area contributed by atoms with Gasteiger partial charge in [-0.3, -0.25) is 4.98 Å². The lowest BCUT2D eigenvalue weighted by Crippen LogP contribution is -2.13. The quantitative estimate of drug-likeness (QED) is 0.818. The Morgan fingerprint density at radius 1 is 1.17 bits per heavy atom. The fourth-order valence-corrected chi connectivity index (χ4v) is 1.68. The van der Waals surface area contributed by atoms with E-state index in [1.165, 1.54) is 12.1 Å². The number of nitrogens with zero attached hydrogens (tertiary/aromatic N) is 1. The highest BCUT2D eigenvalue weighted by molar-refractivity contribution is 5.45. The predicted octanol–water partition coefficient (Wildman–Crippen LogP) is 2.88. The van der Waals surface area contributed by atoms with E-state index >= 15 is 0 Å². The van der Waals surface area contributed by atoms with E-state index in [0.29, 0.717) is 29.5 Å². The Labute approximate surface area is 103 Å². The van der Waals surface area contributed by atoms with Crippen LogP contribution in [0.3, 0.4) is 0 Å². The molecule has 4 nitrogen and oxygen atoms in total. The van der Waals surface area contributed by atoms with Crippen molar-refractivity contribution in [2.75, 3.05) is 6.79 Å². The van der Waals surface area contributed by atoms with Crippen molar-refractivity contribution in [1.82, 2.24) is 4.98 Å². The van der Waals surface area contributed by atoms with E-state index in [-0.39, 0.29) is 12.6 Å². The Morgan fingerprint density at radius 3 is 2.83 bits per heavy atom. The summed E-state index contributed by atoms with van der Waals surface area (Å²) in [5.74, 6) is 1.37. The normalized spacial score (nSPS) is 13.6. The van der Waals surface area contributed by atoms with Gasteiger partial charge in [0.05, 0.1) is 6.61 Å². The maximum absolute atomic E-state index is 12.8. The molecule has 0 radical (unpaired) electrons. The zero-order valence-electron chi connectivity index (χ0n) is 9.43. The first-order valence-electron chi connectivity index (χ1n) is 5.45. The van der Waals surface area contributed by atoms with Crippen LogP contribution in [0.2, 0.25) is 0 Å². The number of hydrogen-bond donors (Lipinski definition) is 0. The van der Waals surface area contributed by atoms with Crippen molar-refractivity contribution in [1.29, 1.82) is 0 Å². The second kappa shape index (κ2) is 4.62. The van der Waals surface area contributed by atoms with Gasteiger partial charge in [-0.1, -0.05) is 0 Å². The van der Waals surface area contributed by atoms with Crippen molar-refractivity contribution in [3.63, 3.8) is 0 Å². The van der Waals surface area contributed by atoms with E-state index < -0.39 is 0 Å². The first kappa shape index (κ1) is 11.0. The third-order valence-electron chi connectivity index (χ3n) is 2.51. The molecule has 2 heterocycles. The second-order valence-corrected chi connectivity index (χ2v) is 3.75. The number of hydrogen-bond acceptors (Lipinski definition) is 4. The van der Waals surface area contributed by atoms with Crippen molar-refractivity contribution in [3.8, 4) is 17.2 Å². The molecule has 1 aromatic carbocycles. The second-order valence-electron chi connectivity index (χ2n) is 3.75. The summed E-state index contributed by atoms with van der Waals surface area (Å²) in [4.78, 5) is 4.15. The fraction of sp³-hybridized carbons (Fsp3) is 0.154. The van der Waals surface area contributed by atoms with Crippen LogP contribution in [-0.4, -0.2) is 11.8 Å². The smallest absolute Gasteiger partial charge is 0.189 e. The Hall–Kier alpha value is -2.14. The van der Waals surface area contributed by atoms with Gasteiger partial charge in [0.2, 0.25) is 0 Å². The molecule has 0 spiro atoms.